The van der Waals surface area contributed by atoms with Gasteiger partial charge in [-0.25, -0.2) is 4.79 Å². The van der Waals surface area contributed by atoms with Gasteiger partial charge in [0, 0.05) is 22.5 Å². The molecule has 26 heavy (non-hydrogen) atoms. The molecule has 2 aromatic carbocycles. The van der Waals surface area contributed by atoms with E-state index in [1.165, 1.54) is 0 Å². The number of carbonyl (C=O) groups is 1. The third kappa shape index (κ3) is 2.34. The predicted octanol–water partition coefficient (Wildman–Crippen LogP) is 3.99. The fourth-order valence-electron chi connectivity index (χ4n) is 3.91. The Labute approximate surface area is 159 Å². The molecular formula is C19H17BrN2O4. The lowest BCUT2D eigenvalue weighted by Gasteiger charge is -2.50. The van der Waals surface area contributed by atoms with E-state index < -0.39 is 5.72 Å². The maximum atomic E-state index is 12.9. The van der Waals surface area contributed by atoms with E-state index in [1.807, 2.05) is 43.3 Å². The zero-order chi connectivity index (χ0) is 17.9. The first-order chi connectivity index (χ1) is 12.5. The van der Waals surface area contributed by atoms with E-state index in [1.54, 1.807) is 4.90 Å². The molecule has 3 aliphatic heterocycles. The van der Waals surface area contributed by atoms with Crippen LogP contribution in [0.2, 0.25) is 0 Å². The van der Waals surface area contributed by atoms with Crippen molar-refractivity contribution in [1.82, 2.24) is 5.32 Å². The van der Waals surface area contributed by atoms with E-state index in [2.05, 4.69) is 21.2 Å². The molecule has 5 rings (SSSR count). The Morgan fingerprint density at radius 3 is 2.73 bits per heavy atom. The Bertz CT molecular complexity index is 918. The van der Waals surface area contributed by atoms with Crippen LogP contribution in [0.3, 0.4) is 0 Å². The van der Waals surface area contributed by atoms with E-state index in [0.717, 1.165) is 15.8 Å². The Balaban J connectivity index is 1.57. The molecule has 2 atom stereocenters. The monoisotopic (exact) mass is 416 g/mol. The highest BCUT2D eigenvalue weighted by Gasteiger charge is 2.50. The number of rotatable bonds is 1. The Kier molecular flexibility index (Phi) is 3.37. The fourth-order valence-corrected chi connectivity index (χ4v) is 4.29. The topological polar surface area (TPSA) is 60.0 Å². The van der Waals surface area contributed by atoms with Gasteiger partial charge in [-0.15, -0.1) is 0 Å². The van der Waals surface area contributed by atoms with Gasteiger partial charge in [0.05, 0.1) is 11.7 Å². The highest BCUT2D eigenvalue weighted by Crippen LogP contribution is 2.47. The Morgan fingerprint density at radius 2 is 1.88 bits per heavy atom. The number of ether oxygens (including phenoxy) is 3. The van der Waals surface area contributed by atoms with Crippen LogP contribution in [0.1, 0.15) is 24.9 Å². The SMILES string of the molecule is CC12CC(NC(=O)N1c1ccc3c(c1)OCCO3)c1cc(Br)ccc1O2. The number of urea groups is 1. The van der Waals surface area contributed by atoms with Crippen molar-refractivity contribution in [3.8, 4) is 17.2 Å². The van der Waals surface area contributed by atoms with Crippen LogP contribution in [-0.4, -0.2) is 25.0 Å². The van der Waals surface area contributed by atoms with Gasteiger partial charge >= 0.3 is 6.03 Å². The minimum absolute atomic E-state index is 0.0813. The maximum absolute atomic E-state index is 12.9. The molecule has 2 amide bonds. The summed E-state index contributed by atoms with van der Waals surface area (Å²) in [5.74, 6) is 2.13. The lowest BCUT2D eigenvalue weighted by molar-refractivity contribution is 0.0377. The van der Waals surface area contributed by atoms with Gasteiger partial charge in [-0.3, -0.25) is 4.90 Å². The summed E-state index contributed by atoms with van der Waals surface area (Å²) < 4.78 is 18.5. The number of amides is 2. The predicted molar refractivity (Wildman–Crippen MR) is 99.0 cm³/mol. The first-order valence-corrected chi connectivity index (χ1v) is 9.32. The average molecular weight is 417 g/mol. The van der Waals surface area contributed by atoms with Gasteiger partial charge in [-0.2, -0.15) is 0 Å². The van der Waals surface area contributed by atoms with Crippen molar-refractivity contribution in [1.29, 1.82) is 0 Å². The molecule has 2 unspecified atom stereocenters. The van der Waals surface area contributed by atoms with E-state index in [0.29, 0.717) is 36.8 Å². The number of hydrogen-bond donors (Lipinski definition) is 1. The van der Waals surface area contributed by atoms with E-state index in [9.17, 15) is 4.79 Å². The lowest BCUT2D eigenvalue weighted by atomic mass is 9.90. The van der Waals surface area contributed by atoms with Crippen molar-refractivity contribution < 1.29 is 19.0 Å². The van der Waals surface area contributed by atoms with E-state index in [-0.39, 0.29) is 12.1 Å². The summed E-state index contributed by atoms with van der Waals surface area (Å²) >= 11 is 3.49. The highest BCUT2D eigenvalue weighted by atomic mass is 79.9. The van der Waals surface area contributed by atoms with Crippen molar-refractivity contribution in [2.24, 2.45) is 0 Å². The quantitative estimate of drug-likeness (QED) is 0.763. The second kappa shape index (κ2) is 5.54. The van der Waals surface area contributed by atoms with Gasteiger partial charge < -0.3 is 19.5 Å². The summed E-state index contributed by atoms with van der Waals surface area (Å²) in [4.78, 5) is 14.6. The van der Waals surface area contributed by atoms with Gasteiger partial charge in [0.25, 0.3) is 0 Å². The zero-order valence-corrected chi connectivity index (χ0v) is 15.7. The highest BCUT2D eigenvalue weighted by molar-refractivity contribution is 9.10. The molecule has 1 fully saturated rings. The molecule has 2 bridgehead atoms. The summed E-state index contributed by atoms with van der Waals surface area (Å²) in [6, 6.07) is 11.1. The van der Waals surface area contributed by atoms with Gasteiger partial charge in [0.1, 0.15) is 19.0 Å². The number of nitrogens with zero attached hydrogens (tertiary/aromatic N) is 1. The molecular weight excluding hydrogens is 400 g/mol. The van der Waals surface area contributed by atoms with Crippen molar-refractivity contribution in [3.05, 3.63) is 46.4 Å². The first-order valence-electron chi connectivity index (χ1n) is 8.52. The summed E-state index contributed by atoms with van der Waals surface area (Å²) in [5.41, 5.74) is 0.928. The Hall–Kier alpha value is -2.41. The third-order valence-electron chi connectivity index (χ3n) is 5.02. The number of nitrogens with one attached hydrogen (secondary N) is 1. The van der Waals surface area contributed by atoms with Crippen molar-refractivity contribution in [2.75, 3.05) is 18.1 Å². The summed E-state index contributed by atoms with van der Waals surface area (Å²) in [5, 5.41) is 3.10. The normalized spacial score (nSPS) is 25.8. The molecule has 7 heteroatoms. The Morgan fingerprint density at radius 1 is 1.12 bits per heavy atom. The number of carbonyl (C=O) groups excluding carboxylic acids is 1. The molecule has 1 N–H and O–H groups in total. The van der Waals surface area contributed by atoms with Crippen LogP contribution in [0.5, 0.6) is 17.2 Å². The summed E-state index contributed by atoms with van der Waals surface area (Å²) in [7, 11) is 0. The lowest BCUT2D eigenvalue weighted by Crippen LogP contribution is -2.65. The molecule has 134 valence electrons. The molecule has 0 saturated carbocycles. The molecule has 2 aromatic rings. The minimum atomic E-state index is -0.780. The van der Waals surface area contributed by atoms with Crippen LogP contribution < -0.4 is 24.4 Å². The van der Waals surface area contributed by atoms with E-state index in [4.69, 9.17) is 14.2 Å². The van der Waals surface area contributed by atoms with Gasteiger partial charge in [-0.05, 0) is 37.3 Å². The fraction of sp³-hybridized carbons (Fsp3) is 0.316. The molecule has 0 aliphatic carbocycles. The van der Waals surface area contributed by atoms with Gasteiger partial charge in [0.2, 0.25) is 0 Å². The molecule has 0 aromatic heterocycles. The second-order valence-electron chi connectivity index (χ2n) is 6.83. The smallest absolute Gasteiger partial charge is 0.325 e. The van der Waals surface area contributed by atoms with Crippen molar-refractivity contribution >= 4 is 27.6 Å². The summed E-state index contributed by atoms with van der Waals surface area (Å²) in [6.45, 7) is 2.98. The third-order valence-corrected chi connectivity index (χ3v) is 5.51. The van der Waals surface area contributed by atoms with Crippen molar-refractivity contribution in [2.45, 2.75) is 25.1 Å². The van der Waals surface area contributed by atoms with Gasteiger partial charge in [0.15, 0.2) is 17.2 Å². The molecule has 1 saturated heterocycles. The van der Waals surface area contributed by atoms with Crippen LogP contribution in [0.15, 0.2) is 40.9 Å². The van der Waals surface area contributed by atoms with Gasteiger partial charge in [-0.1, -0.05) is 15.9 Å². The number of benzene rings is 2. The summed E-state index contributed by atoms with van der Waals surface area (Å²) in [6.07, 6.45) is 0.649. The maximum Gasteiger partial charge on any atom is 0.325 e. The van der Waals surface area contributed by atoms with Crippen LogP contribution >= 0.6 is 15.9 Å². The number of hydrogen-bond acceptors (Lipinski definition) is 4. The second-order valence-corrected chi connectivity index (χ2v) is 7.74. The minimum Gasteiger partial charge on any atom is -0.486 e. The van der Waals surface area contributed by atoms with Crippen LogP contribution in [-0.2, 0) is 0 Å². The molecule has 3 aliphatic rings. The zero-order valence-electron chi connectivity index (χ0n) is 14.1. The number of fused-ring (bicyclic) bond motifs is 5. The average Bonchev–Trinajstić information content (AvgIpc) is 2.62. The van der Waals surface area contributed by atoms with E-state index >= 15 is 0 Å². The standard InChI is InChI=1S/C19H17BrN2O4/c1-19-10-14(13-8-11(20)2-4-15(13)26-19)21-18(23)22(19)12-3-5-16-17(9-12)25-7-6-24-16/h2-5,8-9,14H,6-7,10H2,1H3,(H,21,23). The van der Waals surface area contributed by atoms with Crippen LogP contribution in [0, 0.1) is 0 Å². The number of halogens is 1. The van der Waals surface area contributed by atoms with Crippen molar-refractivity contribution in [3.63, 3.8) is 0 Å². The molecule has 0 radical (unpaired) electrons. The molecule has 6 nitrogen and oxygen atoms in total. The molecule has 3 heterocycles. The largest absolute Gasteiger partial charge is 0.486 e. The molecule has 0 spiro atoms. The number of anilines is 1. The van der Waals surface area contributed by atoms with Crippen LogP contribution in [0.4, 0.5) is 10.5 Å². The first kappa shape index (κ1) is 15.8. The van der Waals surface area contributed by atoms with Crippen LogP contribution in [0.25, 0.3) is 0 Å².